The Balaban J connectivity index is 1.88. The fourth-order valence-electron chi connectivity index (χ4n) is 3.57. The maximum atomic E-state index is 13.3. The number of nitro benzene ring substituents is 1. The Morgan fingerprint density at radius 2 is 1.71 bits per heavy atom. The number of rotatable bonds is 4. The van der Waals surface area contributed by atoms with Gasteiger partial charge in [0.25, 0.3) is 21.6 Å². The van der Waals surface area contributed by atoms with Gasteiger partial charge in [0.15, 0.2) is 0 Å². The first kappa shape index (κ1) is 20.9. The number of hydrogen-bond donors (Lipinski definition) is 0. The number of amides is 1. The van der Waals surface area contributed by atoms with Crippen LogP contribution >= 0.6 is 0 Å². The number of nitrogens with zero attached hydrogens (tertiary/aromatic N) is 4. The van der Waals surface area contributed by atoms with Crippen molar-refractivity contribution in [1.82, 2.24) is 13.8 Å². The van der Waals surface area contributed by atoms with Crippen LogP contribution in [-0.2, 0) is 10.0 Å². The van der Waals surface area contributed by atoms with Crippen molar-refractivity contribution in [3.8, 4) is 0 Å². The second-order valence-corrected chi connectivity index (χ2v) is 9.17. The Labute approximate surface area is 177 Å². The van der Waals surface area contributed by atoms with Crippen LogP contribution in [0.3, 0.4) is 0 Å². The number of fused-ring (bicyclic) bond motifs is 1. The lowest BCUT2D eigenvalue weighted by molar-refractivity contribution is -0.384. The number of nitro groups is 1. The van der Waals surface area contributed by atoms with Crippen LogP contribution in [0.4, 0.5) is 10.1 Å². The molecule has 1 amide bonds. The number of carbonyl (C=O) groups is 1. The molecule has 0 spiro atoms. The Morgan fingerprint density at radius 1 is 1.06 bits per heavy atom. The highest BCUT2D eigenvalue weighted by Gasteiger charge is 2.28. The van der Waals surface area contributed by atoms with Gasteiger partial charge in [-0.15, -0.1) is 0 Å². The maximum Gasteiger partial charge on any atom is 0.270 e. The van der Waals surface area contributed by atoms with E-state index >= 15 is 0 Å². The van der Waals surface area contributed by atoms with Crippen LogP contribution in [0.25, 0.3) is 10.9 Å². The molecule has 1 fully saturated rings. The molecule has 0 aliphatic carbocycles. The number of halogens is 1. The van der Waals surface area contributed by atoms with Gasteiger partial charge in [-0.3, -0.25) is 14.9 Å². The number of carbonyl (C=O) groups excluding carboxylic acids is 1. The third-order valence-electron chi connectivity index (χ3n) is 5.36. The highest BCUT2D eigenvalue weighted by atomic mass is 32.2. The van der Waals surface area contributed by atoms with E-state index in [1.54, 1.807) is 4.90 Å². The molecule has 0 bridgehead atoms. The summed E-state index contributed by atoms with van der Waals surface area (Å²) in [6.07, 6.45) is 1.19. The van der Waals surface area contributed by atoms with E-state index in [2.05, 4.69) is 4.90 Å². The number of likely N-dealkylation sites (N-methyl/N-ethyl adjacent to an activating group) is 1. The molecular formula is C20H19FN4O5S. The van der Waals surface area contributed by atoms with Gasteiger partial charge in [0, 0.05) is 49.9 Å². The lowest BCUT2D eigenvalue weighted by Gasteiger charge is -2.32. The summed E-state index contributed by atoms with van der Waals surface area (Å²) in [6.45, 7) is 2.25. The SMILES string of the molecule is CN1CCN(C(=O)c2cn(S(=O)(=O)c3ccc(F)cc3)c3ccc([N+](=O)[O-])cc23)CC1. The van der Waals surface area contributed by atoms with Crippen LogP contribution in [0.15, 0.2) is 53.6 Å². The molecule has 2 heterocycles. The Bertz CT molecular complexity index is 1280. The zero-order valence-corrected chi connectivity index (χ0v) is 17.4. The molecule has 0 N–H and O–H groups in total. The van der Waals surface area contributed by atoms with Crippen molar-refractivity contribution in [3.63, 3.8) is 0 Å². The summed E-state index contributed by atoms with van der Waals surface area (Å²) < 4.78 is 40.6. The molecule has 9 nitrogen and oxygen atoms in total. The quantitative estimate of drug-likeness (QED) is 0.450. The minimum Gasteiger partial charge on any atom is -0.336 e. The largest absolute Gasteiger partial charge is 0.336 e. The molecule has 3 aromatic rings. The van der Waals surface area contributed by atoms with E-state index in [9.17, 15) is 27.7 Å². The van der Waals surface area contributed by atoms with E-state index in [0.29, 0.717) is 26.2 Å². The van der Waals surface area contributed by atoms with E-state index < -0.39 is 26.7 Å². The molecule has 31 heavy (non-hydrogen) atoms. The molecule has 162 valence electrons. The van der Waals surface area contributed by atoms with Gasteiger partial charge in [0.2, 0.25) is 0 Å². The van der Waals surface area contributed by atoms with E-state index in [0.717, 1.165) is 28.2 Å². The molecule has 4 rings (SSSR count). The molecule has 0 atom stereocenters. The van der Waals surface area contributed by atoms with Crippen LogP contribution in [0.1, 0.15) is 10.4 Å². The molecule has 0 radical (unpaired) electrons. The van der Waals surface area contributed by atoms with Gasteiger partial charge in [0.1, 0.15) is 5.82 Å². The highest BCUT2D eigenvalue weighted by molar-refractivity contribution is 7.90. The van der Waals surface area contributed by atoms with Crippen molar-refractivity contribution in [2.24, 2.45) is 0 Å². The van der Waals surface area contributed by atoms with Gasteiger partial charge >= 0.3 is 0 Å². The summed E-state index contributed by atoms with van der Waals surface area (Å²) in [5.74, 6) is -0.982. The van der Waals surface area contributed by atoms with Crippen molar-refractivity contribution in [2.45, 2.75) is 4.90 Å². The third-order valence-corrected chi connectivity index (χ3v) is 7.04. The van der Waals surface area contributed by atoms with Crippen LogP contribution in [-0.4, -0.2) is 66.2 Å². The molecule has 11 heteroatoms. The summed E-state index contributed by atoms with van der Waals surface area (Å²) >= 11 is 0. The number of benzene rings is 2. The van der Waals surface area contributed by atoms with Crippen LogP contribution in [0, 0.1) is 15.9 Å². The zero-order chi connectivity index (χ0) is 22.3. The monoisotopic (exact) mass is 446 g/mol. The van der Waals surface area contributed by atoms with E-state index in [4.69, 9.17) is 0 Å². The highest BCUT2D eigenvalue weighted by Crippen LogP contribution is 2.30. The fraction of sp³-hybridized carbons (Fsp3) is 0.250. The van der Waals surface area contributed by atoms with Gasteiger partial charge in [0.05, 0.1) is 20.9 Å². The first-order valence-electron chi connectivity index (χ1n) is 9.47. The maximum absolute atomic E-state index is 13.3. The summed E-state index contributed by atoms with van der Waals surface area (Å²) in [7, 11) is -2.23. The summed E-state index contributed by atoms with van der Waals surface area (Å²) in [5.41, 5.74) is -0.0572. The third kappa shape index (κ3) is 3.77. The predicted molar refractivity (Wildman–Crippen MR) is 111 cm³/mol. The van der Waals surface area contributed by atoms with Gasteiger partial charge in [-0.25, -0.2) is 16.8 Å². The second kappa shape index (κ2) is 7.75. The molecule has 2 aromatic carbocycles. The van der Waals surface area contributed by atoms with E-state index in [1.807, 2.05) is 7.05 Å². The van der Waals surface area contributed by atoms with Crippen LogP contribution < -0.4 is 0 Å². The van der Waals surface area contributed by atoms with Crippen LogP contribution in [0.5, 0.6) is 0 Å². The number of aromatic nitrogens is 1. The van der Waals surface area contributed by atoms with E-state index in [1.165, 1.54) is 24.4 Å². The van der Waals surface area contributed by atoms with Gasteiger partial charge in [-0.05, 0) is 37.4 Å². The molecule has 1 aromatic heterocycles. The standard InChI is InChI=1S/C20H19FN4O5S/c1-22-8-10-23(11-9-22)20(26)18-13-24(19-7-4-15(25(27)28)12-17(18)19)31(29,30)16-5-2-14(21)3-6-16/h2-7,12-13H,8-11H2,1H3. The number of non-ortho nitro benzene ring substituents is 1. The van der Waals surface area contributed by atoms with Gasteiger partial charge in [-0.2, -0.15) is 0 Å². The zero-order valence-electron chi connectivity index (χ0n) is 16.6. The first-order valence-corrected chi connectivity index (χ1v) is 10.9. The lowest BCUT2D eigenvalue weighted by atomic mass is 10.1. The Morgan fingerprint density at radius 3 is 2.32 bits per heavy atom. The van der Waals surface area contributed by atoms with Gasteiger partial charge in [-0.1, -0.05) is 0 Å². The molecule has 1 aliphatic rings. The summed E-state index contributed by atoms with van der Waals surface area (Å²) in [4.78, 5) is 27.4. The summed E-state index contributed by atoms with van der Waals surface area (Å²) in [5, 5.41) is 11.4. The fourth-order valence-corrected chi connectivity index (χ4v) is 4.94. The average Bonchev–Trinajstić information content (AvgIpc) is 3.13. The second-order valence-electron chi connectivity index (χ2n) is 7.35. The Kier molecular flexibility index (Phi) is 5.23. The Hall–Kier alpha value is -3.31. The number of piperazine rings is 1. The first-order chi connectivity index (χ1) is 14.7. The van der Waals surface area contributed by atoms with E-state index in [-0.39, 0.29) is 27.0 Å². The van der Waals surface area contributed by atoms with Crippen LogP contribution in [0.2, 0.25) is 0 Å². The summed E-state index contributed by atoms with van der Waals surface area (Å²) in [6, 6.07) is 8.00. The lowest BCUT2D eigenvalue weighted by Crippen LogP contribution is -2.47. The minimum atomic E-state index is -4.17. The molecule has 0 saturated carbocycles. The van der Waals surface area contributed by atoms with Crippen molar-refractivity contribution in [2.75, 3.05) is 33.2 Å². The molecule has 0 unspecified atom stereocenters. The molecule has 1 saturated heterocycles. The minimum absolute atomic E-state index is 0.0638. The molecular weight excluding hydrogens is 427 g/mol. The average molecular weight is 446 g/mol. The van der Waals surface area contributed by atoms with Crippen molar-refractivity contribution in [3.05, 3.63) is 70.2 Å². The van der Waals surface area contributed by atoms with Gasteiger partial charge < -0.3 is 9.80 Å². The topological polar surface area (TPSA) is 106 Å². The molecule has 1 aliphatic heterocycles. The smallest absolute Gasteiger partial charge is 0.270 e. The predicted octanol–water partition coefficient (Wildman–Crippen LogP) is 2.31. The van der Waals surface area contributed by atoms with Crippen molar-refractivity contribution in [1.29, 1.82) is 0 Å². The van der Waals surface area contributed by atoms with Crippen molar-refractivity contribution >= 4 is 32.5 Å². The van der Waals surface area contributed by atoms with Crippen molar-refractivity contribution < 1.29 is 22.5 Å². The normalized spacial score (nSPS) is 15.4. The number of hydrogen-bond acceptors (Lipinski definition) is 6.